The van der Waals surface area contributed by atoms with Crippen LogP contribution in [0.5, 0.6) is 0 Å². The first-order valence-electron chi connectivity index (χ1n) is 12.3. The Morgan fingerprint density at radius 1 is 1.17 bits per heavy atom. The molecule has 1 saturated carbocycles. The summed E-state index contributed by atoms with van der Waals surface area (Å²) in [6.07, 6.45) is 1.74. The first-order chi connectivity index (χ1) is 16.7. The molecule has 1 fully saturated rings. The fraction of sp³-hybridized carbons (Fsp3) is 0.577. The highest BCUT2D eigenvalue weighted by Gasteiger charge is 2.59. The van der Waals surface area contributed by atoms with Crippen molar-refractivity contribution in [3.05, 3.63) is 40.9 Å². The Balaban J connectivity index is 1.64. The number of hydrogen-bond donors (Lipinski definition) is 5. The van der Waals surface area contributed by atoms with E-state index in [1.807, 2.05) is 37.3 Å². The summed E-state index contributed by atoms with van der Waals surface area (Å²) in [4.78, 5) is 30.2. The zero-order chi connectivity index (χ0) is 25.2. The quantitative estimate of drug-likeness (QED) is 0.355. The molecule has 2 aliphatic carbocycles. The fourth-order valence-electron chi connectivity index (χ4n) is 6.04. The van der Waals surface area contributed by atoms with Gasteiger partial charge < -0.3 is 26.2 Å². The topological polar surface area (TPSA) is 124 Å². The molecule has 5 N–H and O–H groups in total. The van der Waals surface area contributed by atoms with Gasteiger partial charge in [0.15, 0.2) is 5.13 Å². The van der Waals surface area contributed by atoms with Crippen molar-refractivity contribution in [3.8, 4) is 0 Å². The summed E-state index contributed by atoms with van der Waals surface area (Å²) in [6.45, 7) is 6.26. The zero-order valence-corrected chi connectivity index (χ0v) is 21.5. The SMILES string of the molecule is CC(=O)NCCNC(=O)C[C@H]1c2nc(Nc3ccccc3)sc2C[C@H]2[C@](C)(CO)[C@H](O)CC[C@]21C. The Morgan fingerprint density at radius 2 is 1.89 bits per heavy atom. The lowest BCUT2D eigenvalue weighted by molar-refractivity contribution is -0.144. The van der Waals surface area contributed by atoms with Crippen molar-refractivity contribution in [2.45, 2.75) is 58.5 Å². The molecule has 35 heavy (non-hydrogen) atoms. The minimum absolute atomic E-state index is 0.0125. The number of nitrogens with one attached hydrogen (secondary N) is 3. The van der Waals surface area contributed by atoms with Gasteiger partial charge in [-0.15, -0.1) is 11.3 Å². The number of aliphatic hydroxyl groups is 2. The second-order valence-electron chi connectivity index (χ2n) is 10.4. The highest BCUT2D eigenvalue weighted by Crippen LogP contribution is 2.62. The van der Waals surface area contributed by atoms with Gasteiger partial charge in [0.2, 0.25) is 11.8 Å². The van der Waals surface area contributed by atoms with Gasteiger partial charge in [-0.2, -0.15) is 0 Å². The van der Waals surface area contributed by atoms with Gasteiger partial charge >= 0.3 is 0 Å². The second-order valence-corrected chi connectivity index (χ2v) is 11.5. The van der Waals surface area contributed by atoms with Crippen molar-refractivity contribution in [1.82, 2.24) is 15.6 Å². The number of thiazole rings is 1. The summed E-state index contributed by atoms with van der Waals surface area (Å²) in [6, 6.07) is 9.87. The smallest absolute Gasteiger partial charge is 0.220 e. The van der Waals surface area contributed by atoms with Gasteiger partial charge in [0.25, 0.3) is 0 Å². The van der Waals surface area contributed by atoms with Gasteiger partial charge in [-0.1, -0.05) is 32.0 Å². The summed E-state index contributed by atoms with van der Waals surface area (Å²) >= 11 is 1.59. The van der Waals surface area contributed by atoms with Crippen LogP contribution < -0.4 is 16.0 Å². The molecule has 8 nitrogen and oxygen atoms in total. The number of para-hydroxylation sites is 1. The molecule has 0 saturated heterocycles. The predicted molar refractivity (Wildman–Crippen MR) is 137 cm³/mol. The molecule has 9 heteroatoms. The van der Waals surface area contributed by atoms with Crippen LogP contribution in [0.4, 0.5) is 10.8 Å². The maximum absolute atomic E-state index is 13.0. The summed E-state index contributed by atoms with van der Waals surface area (Å²) in [5.74, 6) is -0.344. The van der Waals surface area contributed by atoms with Gasteiger partial charge in [0, 0.05) is 48.3 Å². The number of aromatic nitrogens is 1. The molecule has 1 aromatic heterocycles. The molecule has 0 radical (unpaired) electrons. The van der Waals surface area contributed by atoms with E-state index in [9.17, 15) is 19.8 Å². The molecule has 0 aliphatic heterocycles. The molecule has 2 amide bonds. The number of carbonyl (C=O) groups is 2. The summed E-state index contributed by atoms with van der Waals surface area (Å²) < 4.78 is 0. The van der Waals surface area contributed by atoms with Crippen LogP contribution in [-0.4, -0.2) is 52.8 Å². The standard InChI is InChI=1S/C26H36N4O4S/c1-16(32)27-11-12-28-22(34)13-18-23-19(35-24(30-23)29-17-7-5-4-6-8-17)14-20-25(18,2)10-9-21(33)26(20,3)15-31/h4-8,18,20-21,31,33H,9-15H2,1-3H3,(H,27,32)(H,28,34)(H,29,30)/t18-,20+,21+,25-,26-/m0/s1. The van der Waals surface area contributed by atoms with Crippen molar-refractivity contribution in [1.29, 1.82) is 0 Å². The van der Waals surface area contributed by atoms with E-state index in [4.69, 9.17) is 4.98 Å². The highest BCUT2D eigenvalue weighted by molar-refractivity contribution is 7.15. The lowest BCUT2D eigenvalue weighted by Crippen LogP contribution is -2.57. The fourth-order valence-corrected chi connectivity index (χ4v) is 7.13. The Labute approximate surface area is 210 Å². The van der Waals surface area contributed by atoms with Gasteiger partial charge in [0.05, 0.1) is 18.4 Å². The number of carbonyl (C=O) groups excluding carboxylic acids is 2. The van der Waals surface area contributed by atoms with E-state index in [0.717, 1.165) is 34.2 Å². The van der Waals surface area contributed by atoms with Crippen LogP contribution >= 0.6 is 11.3 Å². The summed E-state index contributed by atoms with van der Waals surface area (Å²) in [5, 5.41) is 31.1. The van der Waals surface area contributed by atoms with Crippen LogP contribution in [-0.2, 0) is 16.0 Å². The highest BCUT2D eigenvalue weighted by atomic mass is 32.1. The number of fused-ring (bicyclic) bond motifs is 2. The normalized spacial score (nSPS) is 29.6. The van der Waals surface area contributed by atoms with E-state index in [1.165, 1.54) is 6.92 Å². The molecule has 190 valence electrons. The van der Waals surface area contributed by atoms with Gasteiger partial charge in [0.1, 0.15) is 0 Å². The maximum Gasteiger partial charge on any atom is 0.220 e. The van der Waals surface area contributed by atoms with Gasteiger partial charge in [-0.3, -0.25) is 9.59 Å². The average Bonchev–Trinajstić information content (AvgIpc) is 3.23. The third-order valence-electron chi connectivity index (χ3n) is 8.13. The lowest BCUT2D eigenvalue weighted by atomic mass is 9.47. The van der Waals surface area contributed by atoms with Crippen molar-refractivity contribution in [2.24, 2.45) is 16.7 Å². The number of benzene rings is 1. The van der Waals surface area contributed by atoms with E-state index in [2.05, 4.69) is 22.9 Å². The first kappa shape index (κ1) is 25.6. The Hall–Kier alpha value is -2.49. The molecular weight excluding hydrogens is 464 g/mol. The number of anilines is 2. The van der Waals surface area contributed by atoms with Gasteiger partial charge in [-0.25, -0.2) is 4.98 Å². The lowest BCUT2D eigenvalue weighted by Gasteiger charge is -2.58. The predicted octanol–water partition coefficient (Wildman–Crippen LogP) is 2.94. The minimum Gasteiger partial charge on any atom is -0.396 e. The van der Waals surface area contributed by atoms with E-state index < -0.39 is 11.5 Å². The van der Waals surface area contributed by atoms with Crippen LogP contribution in [0.3, 0.4) is 0 Å². The number of rotatable bonds is 8. The van der Waals surface area contributed by atoms with Crippen molar-refractivity contribution in [3.63, 3.8) is 0 Å². The number of amides is 2. The van der Waals surface area contributed by atoms with Crippen LogP contribution in [0.15, 0.2) is 30.3 Å². The second kappa shape index (κ2) is 10.2. The Bertz CT molecular complexity index is 1060. The van der Waals surface area contributed by atoms with Gasteiger partial charge in [-0.05, 0) is 42.7 Å². The monoisotopic (exact) mass is 500 g/mol. The van der Waals surface area contributed by atoms with Crippen LogP contribution in [0.2, 0.25) is 0 Å². The average molecular weight is 501 g/mol. The third kappa shape index (κ3) is 5.08. The van der Waals surface area contributed by atoms with Crippen molar-refractivity contribution >= 4 is 34.0 Å². The maximum atomic E-state index is 13.0. The molecule has 5 atom stereocenters. The molecular formula is C26H36N4O4S. The third-order valence-corrected chi connectivity index (χ3v) is 9.14. The van der Waals surface area contributed by atoms with E-state index >= 15 is 0 Å². The Kier molecular flexibility index (Phi) is 7.49. The zero-order valence-electron chi connectivity index (χ0n) is 20.6. The van der Waals surface area contributed by atoms with Crippen LogP contribution in [0, 0.1) is 16.7 Å². The van der Waals surface area contributed by atoms with Crippen LogP contribution in [0.1, 0.15) is 56.5 Å². The molecule has 0 spiro atoms. The number of nitrogens with zero attached hydrogens (tertiary/aromatic N) is 1. The number of aliphatic hydroxyl groups excluding tert-OH is 2. The molecule has 2 aliphatic rings. The minimum atomic E-state index is -0.651. The molecule has 1 heterocycles. The summed E-state index contributed by atoms with van der Waals surface area (Å²) in [7, 11) is 0. The van der Waals surface area contributed by atoms with E-state index in [1.54, 1.807) is 11.3 Å². The van der Waals surface area contributed by atoms with E-state index in [0.29, 0.717) is 19.5 Å². The van der Waals surface area contributed by atoms with Crippen molar-refractivity contribution < 1.29 is 19.8 Å². The number of hydrogen-bond acceptors (Lipinski definition) is 7. The largest absolute Gasteiger partial charge is 0.396 e. The van der Waals surface area contributed by atoms with Crippen molar-refractivity contribution in [2.75, 3.05) is 25.0 Å². The summed E-state index contributed by atoms with van der Waals surface area (Å²) in [5.41, 5.74) is 0.949. The molecule has 0 bridgehead atoms. The first-order valence-corrected chi connectivity index (χ1v) is 13.1. The molecule has 2 aromatic rings. The molecule has 4 rings (SSSR count). The molecule has 0 unspecified atom stereocenters. The van der Waals surface area contributed by atoms with Crippen LogP contribution in [0.25, 0.3) is 0 Å². The molecule has 1 aromatic carbocycles. The van der Waals surface area contributed by atoms with E-state index in [-0.39, 0.29) is 42.1 Å². The Morgan fingerprint density at radius 3 is 2.57 bits per heavy atom.